The number of amides is 1. The van der Waals surface area contributed by atoms with Gasteiger partial charge < -0.3 is 20.1 Å². The van der Waals surface area contributed by atoms with Crippen LogP contribution in [0.15, 0.2) is 23.0 Å². The Labute approximate surface area is 161 Å². The lowest BCUT2D eigenvalue weighted by Gasteiger charge is -2.10. The third kappa shape index (κ3) is 3.15. The molecule has 0 bridgehead atoms. The van der Waals surface area contributed by atoms with E-state index in [0.717, 1.165) is 24.2 Å². The van der Waals surface area contributed by atoms with Crippen molar-refractivity contribution in [1.82, 2.24) is 14.7 Å². The number of fused-ring (bicyclic) bond motifs is 3. The van der Waals surface area contributed by atoms with Gasteiger partial charge in [0.25, 0.3) is 11.5 Å². The minimum atomic E-state index is -1.11. The fourth-order valence-electron chi connectivity index (χ4n) is 3.17. The second kappa shape index (κ2) is 6.87. The van der Waals surface area contributed by atoms with Gasteiger partial charge in [-0.3, -0.25) is 14.0 Å². The van der Waals surface area contributed by atoms with Gasteiger partial charge >= 0.3 is 5.97 Å². The van der Waals surface area contributed by atoms with Crippen LogP contribution in [-0.2, 0) is 4.74 Å². The monoisotopic (exact) mass is 405 g/mol. The molecule has 10 heteroatoms. The summed E-state index contributed by atoms with van der Waals surface area (Å²) in [6.45, 7) is 1.08. The van der Waals surface area contributed by atoms with Crippen molar-refractivity contribution in [3.8, 4) is 0 Å². The number of carboxylic acid groups (broad SMARTS) is 1. The molecule has 1 atom stereocenters. The number of carboxylic acids is 1. The molecule has 3 heterocycles. The first-order valence-electron chi connectivity index (χ1n) is 8.30. The Morgan fingerprint density at radius 3 is 2.96 bits per heavy atom. The van der Waals surface area contributed by atoms with Gasteiger partial charge in [-0.1, -0.05) is 11.3 Å². The predicted octanol–water partition coefficient (Wildman–Crippen LogP) is 2.18. The maximum Gasteiger partial charge on any atom is 0.335 e. The van der Waals surface area contributed by atoms with Gasteiger partial charge in [0.05, 0.1) is 22.6 Å². The summed E-state index contributed by atoms with van der Waals surface area (Å²) in [5, 5.41) is 12.3. The number of benzene rings is 1. The number of hydrogen-bond donors (Lipinski definition) is 3. The van der Waals surface area contributed by atoms with E-state index in [1.165, 1.54) is 22.6 Å². The number of ether oxygens (including phenoxy) is 1. The molecular weight excluding hydrogens is 390 g/mol. The standard InChI is InChI=1S/C17H15N3O5S2/c21-14-10-4-3-8(16(23)24)6-11(10)20-13(19-14)12(27-17(20)26)15(22)18-7-9-2-1-5-25-9/h3-4,6,9H,1-2,5,7H2,(H,18,22)(H,19,21)(H,23,24). The molecular formula is C17H15N3O5S2. The smallest absolute Gasteiger partial charge is 0.335 e. The minimum absolute atomic E-state index is 0.00574. The highest BCUT2D eigenvalue weighted by molar-refractivity contribution is 7.73. The first kappa shape index (κ1) is 17.8. The fraction of sp³-hybridized carbons (Fsp3) is 0.294. The van der Waals surface area contributed by atoms with Crippen molar-refractivity contribution in [2.24, 2.45) is 0 Å². The normalized spacial score (nSPS) is 16.8. The number of nitrogens with one attached hydrogen (secondary N) is 2. The highest BCUT2D eigenvalue weighted by Crippen LogP contribution is 2.23. The van der Waals surface area contributed by atoms with Crippen LogP contribution in [0.4, 0.5) is 0 Å². The molecule has 4 rings (SSSR count). The molecule has 27 heavy (non-hydrogen) atoms. The first-order chi connectivity index (χ1) is 13.0. The molecule has 0 spiro atoms. The number of aromatic amines is 1. The van der Waals surface area contributed by atoms with E-state index >= 15 is 0 Å². The Morgan fingerprint density at radius 2 is 2.26 bits per heavy atom. The lowest BCUT2D eigenvalue weighted by atomic mass is 10.1. The van der Waals surface area contributed by atoms with Gasteiger partial charge in [0.1, 0.15) is 10.5 Å². The van der Waals surface area contributed by atoms with Crippen LogP contribution >= 0.6 is 23.6 Å². The minimum Gasteiger partial charge on any atom is -0.478 e. The molecule has 1 aliphatic heterocycles. The molecule has 1 aliphatic rings. The van der Waals surface area contributed by atoms with Crippen LogP contribution in [0.2, 0.25) is 0 Å². The summed E-state index contributed by atoms with van der Waals surface area (Å²) in [7, 11) is 0. The fourth-order valence-corrected chi connectivity index (χ4v) is 4.47. The van der Waals surface area contributed by atoms with Gasteiger partial charge in [0.2, 0.25) is 0 Å². The van der Waals surface area contributed by atoms with Crippen LogP contribution in [0.5, 0.6) is 0 Å². The SMILES string of the molecule is O=C(O)c1ccc2c(=O)[nH]c3c(C(=O)NCC4CCCO4)sc(=S)n3c2c1. The maximum atomic E-state index is 12.6. The number of carbonyl (C=O) groups is 2. The number of rotatable bonds is 4. The van der Waals surface area contributed by atoms with Crippen LogP contribution < -0.4 is 10.9 Å². The van der Waals surface area contributed by atoms with Gasteiger partial charge in [-0.2, -0.15) is 0 Å². The Kier molecular flexibility index (Phi) is 4.54. The summed E-state index contributed by atoms with van der Waals surface area (Å²) in [6, 6.07) is 4.18. The van der Waals surface area contributed by atoms with Crippen molar-refractivity contribution in [1.29, 1.82) is 0 Å². The zero-order valence-corrected chi connectivity index (χ0v) is 15.6. The number of H-pyrrole nitrogens is 1. The van der Waals surface area contributed by atoms with Gasteiger partial charge in [-0.25, -0.2) is 4.79 Å². The second-order valence-electron chi connectivity index (χ2n) is 6.22. The van der Waals surface area contributed by atoms with Crippen LogP contribution in [-0.4, -0.2) is 45.6 Å². The average Bonchev–Trinajstić information content (AvgIpc) is 3.27. The van der Waals surface area contributed by atoms with Crippen molar-refractivity contribution >= 4 is 52.0 Å². The van der Waals surface area contributed by atoms with E-state index < -0.39 is 11.5 Å². The van der Waals surface area contributed by atoms with Crippen molar-refractivity contribution in [3.05, 3.63) is 42.9 Å². The van der Waals surface area contributed by atoms with Crippen LogP contribution in [0, 0.1) is 3.95 Å². The van der Waals surface area contributed by atoms with E-state index in [1.54, 1.807) is 0 Å². The number of nitrogens with zero attached hydrogens (tertiary/aromatic N) is 1. The summed E-state index contributed by atoms with van der Waals surface area (Å²) in [4.78, 5) is 39.3. The summed E-state index contributed by atoms with van der Waals surface area (Å²) >= 11 is 6.44. The molecule has 1 aromatic carbocycles. The quantitative estimate of drug-likeness (QED) is 0.574. The maximum absolute atomic E-state index is 12.6. The van der Waals surface area contributed by atoms with Crippen molar-refractivity contribution in [3.63, 3.8) is 0 Å². The van der Waals surface area contributed by atoms with Crippen LogP contribution in [0.1, 0.15) is 32.9 Å². The summed E-state index contributed by atoms with van der Waals surface area (Å²) in [5.74, 6) is -1.46. The van der Waals surface area contributed by atoms with Crippen molar-refractivity contribution in [2.45, 2.75) is 18.9 Å². The van der Waals surface area contributed by atoms with E-state index in [9.17, 15) is 19.5 Å². The molecule has 1 fully saturated rings. The molecule has 3 N–H and O–H groups in total. The molecule has 1 saturated heterocycles. The van der Waals surface area contributed by atoms with Crippen LogP contribution in [0.3, 0.4) is 0 Å². The molecule has 3 aromatic rings. The van der Waals surface area contributed by atoms with Crippen molar-refractivity contribution < 1.29 is 19.4 Å². The van der Waals surface area contributed by atoms with Gasteiger partial charge in [-0.15, -0.1) is 0 Å². The average molecular weight is 405 g/mol. The zero-order valence-electron chi connectivity index (χ0n) is 14.0. The highest BCUT2D eigenvalue weighted by atomic mass is 32.1. The van der Waals surface area contributed by atoms with Gasteiger partial charge in [0, 0.05) is 13.2 Å². The Bertz CT molecular complexity index is 1190. The predicted molar refractivity (Wildman–Crippen MR) is 103 cm³/mol. The van der Waals surface area contributed by atoms with E-state index in [0.29, 0.717) is 28.0 Å². The first-order valence-corrected chi connectivity index (χ1v) is 9.53. The number of aromatic nitrogens is 2. The largest absolute Gasteiger partial charge is 0.478 e. The molecule has 0 saturated carbocycles. The number of aromatic carboxylic acids is 1. The molecule has 1 amide bonds. The Hall–Kier alpha value is -2.56. The zero-order chi connectivity index (χ0) is 19.1. The Balaban J connectivity index is 1.82. The van der Waals surface area contributed by atoms with Crippen LogP contribution in [0.25, 0.3) is 16.6 Å². The number of thiazole rings is 1. The van der Waals surface area contributed by atoms with Gasteiger partial charge in [0.15, 0.2) is 3.95 Å². The summed E-state index contributed by atoms with van der Waals surface area (Å²) in [5.41, 5.74) is 0.234. The lowest BCUT2D eigenvalue weighted by molar-refractivity contribution is 0.0696. The lowest BCUT2D eigenvalue weighted by Crippen LogP contribution is -2.31. The topological polar surface area (TPSA) is 113 Å². The van der Waals surface area contributed by atoms with E-state index in [-0.39, 0.29) is 28.1 Å². The molecule has 0 radical (unpaired) electrons. The molecule has 140 valence electrons. The van der Waals surface area contributed by atoms with Gasteiger partial charge in [-0.05, 0) is 43.3 Å². The molecule has 0 aliphatic carbocycles. The van der Waals surface area contributed by atoms with E-state index in [1.807, 2.05) is 0 Å². The molecule has 8 nitrogen and oxygen atoms in total. The third-order valence-electron chi connectivity index (χ3n) is 4.49. The summed E-state index contributed by atoms with van der Waals surface area (Å²) in [6.07, 6.45) is 1.86. The third-order valence-corrected chi connectivity index (χ3v) is 5.87. The highest BCUT2D eigenvalue weighted by Gasteiger charge is 2.21. The number of carbonyl (C=O) groups excluding carboxylic acids is 1. The molecule has 1 unspecified atom stereocenters. The van der Waals surface area contributed by atoms with Crippen molar-refractivity contribution in [2.75, 3.05) is 13.2 Å². The van der Waals surface area contributed by atoms with E-state index in [2.05, 4.69) is 10.3 Å². The summed E-state index contributed by atoms with van der Waals surface area (Å²) < 4.78 is 7.37. The second-order valence-corrected chi connectivity index (χ2v) is 7.86. The number of hydrogen-bond acceptors (Lipinski definition) is 6. The molecule has 2 aromatic heterocycles. The Morgan fingerprint density at radius 1 is 1.44 bits per heavy atom. The van der Waals surface area contributed by atoms with E-state index in [4.69, 9.17) is 17.0 Å².